The van der Waals surface area contributed by atoms with E-state index in [0.717, 1.165) is 40.0 Å². The second-order valence-electron chi connectivity index (χ2n) is 8.07. The Morgan fingerprint density at radius 1 is 1.03 bits per heavy atom. The molecular formula is C27H25N3O3S. The van der Waals surface area contributed by atoms with Gasteiger partial charge in [0.2, 0.25) is 12.7 Å². The van der Waals surface area contributed by atoms with Crippen LogP contribution in [0.25, 0.3) is 16.9 Å². The van der Waals surface area contributed by atoms with Gasteiger partial charge in [0.05, 0.1) is 11.4 Å². The summed E-state index contributed by atoms with van der Waals surface area (Å²) in [7, 11) is 0. The van der Waals surface area contributed by atoms with Crippen molar-refractivity contribution in [2.75, 3.05) is 17.9 Å². The predicted octanol–water partition coefficient (Wildman–Crippen LogP) is 5.87. The molecule has 0 atom stereocenters. The number of aromatic nitrogens is 2. The van der Waals surface area contributed by atoms with E-state index in [4.69, 9.17) is 14.5 Å². The van der Waals surface area contributed by atoms with Gasteiger partial charge in [-0.15, -0.1) is 0 Å². The lowest BCUT2D eigenvalue weighted by molar-refractivity contribution is -0.113. The molecule has 6 nitrogen and oxygen atoms in total. The number of thioether (sulfide) groups is 1. The lowest BCUT2D eigenvalue weighted by Gasteiger charge is -2.08. The number of benzene rings is 3. The first-order valence-electron chi connectivity index (χ1n) is 11.2. The van der Waals surface area contributed by atoms with Crippen molar-refractivity contribution in [2.45, 2.75) is 25.4 Å². The molecule has 0 spiro atoms. The molecule has 1 aliphatic heterocycles. The Morgan fingerprint density at radius 2 is 1.79 bits per heavy atom. The van der Waals surface area contributed by atoms with E-state index in [9.17, 15) is 4.79 Å². The molecule has 5 rings (SSSR count). The lowest BCUT2D eigenvalue weighted by Crippen LogP contribution is -2.14. The van der Waals surface area contributed by atoms with Gasteiger partial charge in [0.1, 0.15) is 0 Å². The number of anilines is 1. The molecule has 1 N–H and O–H groups in total. The number of rotatable bonds is 7. The van der Waals surface area contributed by atoms with Gasteiger partial charge in [-0.3, -0.25) is 9.36 Å². The van der Waals surface area contributed by atoms with Gasteiger partial charge in [-0.2, -0.15) is 0 Å². The first kappa shape index (κ1) is 22.1. The van der Waals surface area contributed by atoms with E-state index in [0.29, 0.717) is 5.75 Å². The summed E-state index contributed by atoms with van der Waals surface area (Å²) in [5.74, 6) is 1.63. The minimum Gasteiger partial charge on any atom is -0.454 e. The molecule has 1 amide bonds. The van der Waals surface area contributed by atoms with Crippen molar-refractivity contribution in [3.05, 3.63) is 84.1 Å². The van der Waals surface area contributed by atoms with Gasteiger partial charge >= 0.3 is 0 Å². The van der Waals surface area contributed by atoms with Crippen LogP contribution in [0.4, 0.5) is 5.69 Å². The maximum Gasteiger partial charge on any atom is 0.234 e. The van der Waals surface area contributed by atoms with E-state index in [2.05, 4.69) is 43.4 Å². The monoisotopic (exact) mass is 471 g/mol. The van der Waals surface area contributed by atoms with Crippen LogP contribution >= 0.6 is 11.8 Å². The van der Waals surface area contributed by atoms with Gasteiger partial charge in [0, 0.05) is 23.1 Å². The standard InChI is InChI=1S/C27H25N3O3S/c1-3-19-6-9-21(10-7-19)28-26(31)16-34-27-29-23(15-30(27)22-11-4-18(2)5-12-22)20-8-13-24-25(14-20)33-17-32-24/h4-15H,3,16-17H2,1-2H3,(H,28,31). The van der Waals surface area contributed by atoms with Crippen molar-refractivity contribution in [3.63, 3.8) is 0 Å². The van der Waals surface area contributed by atoms with Gasteiger partial charge in [-0.1, -0.05) is 48.5 Å². The summed E-state index contributed by atoms with van der Waals surface area (Å²) in [6.07, 6.45) is 2.96. The zero-order valence-corrected chi connectivity index (χ0v) is 19.9. The van der Waals surface area contributed by atoms with Gasteiger partial charge in [-0.25, -0.2) is 4.98 Å². The Morgan fingerprint density at radius 3 is 2.56 bits per heavy atom. The zero-order chi connectivity index (χ0) is 23.5. The second-order valence-corrected chi connectivity index (χ2v) is 9.01. The van der Waals surface area contributed by atoms with Crippen LogP contribution in [0.3, 0.4) is 0 Å². The fourth-order valence-electron chi connectivity index (χ4n) is 3.70. The SMILES string of the molecule is CCc1ccc(NC(=O)CSc2nc(-c3ccc4c(c3)OCO4)cn2-c2ccc(C)cc2)cc1. The third-order valence-electron chi connectivity index (χ3n) is 5.63. The third kappa shape index (κ3) is 4.79. The van der Waals surface area contributed by atoms with E-state index in [1.165, 1.54) is 22.9 Å². The largest absolute Gasteiger partial charge is 0.454 e. The molecule has 0 saturated carbocycles. The van der Waals surface area contributed by atoms with Crippen LogP contribution in [0.5, 0.6) is 11.5 Å². The Kier molecular flexibility index (Phi) is 6.27. The number of aryl methyl sites for hydroxylation is 2. The normalized spacial score (nSPS) is 12.1. The van der Waals surface area contributed by atoms with Gasteiger partial charge in [-0.05, 0) is 61.4 Å². The minimum atomic E-state index is -0.0719. The molecule has 1 aliphatic rings. The maximum atomic E-state index is 12.6. The van der Waals surface area contributed by atoms with Crippen LogP contribution in [-0.2, 0) is 11.2 Å². The number of nitrogens with zero attached hydrogens (tertiary/aromatic N) is 2. The quantitative estimate of drug-likeness (QED) is 0.342. The highest BCUT2D eigenvalue weighted by Crippen LogP contribution is 2.36. The third-order valence-corrected chi connectivity index (χ3v) is 6.59. The average Bonchev–Trinajstić information content (AvgIpc) is 3.50. The van der Waals surface area contributed by atoms with Crippen molar-refractivity contribution >= 4 is 23.4 Å². The molecule has 172 valence electrons. The van der Waals surface area contributed by atoms with E-state index < -0.39 is 0 Å². The summed E-state index contributed by atoms with van der Waals surface area (Å²) < 4.78 is 13.0. The molecule has 3 aromatic carbocycles. The van der Waals surface area contributed by atoms with E-state index in [1.54, 1.807) is 0 Å². The van der Waals surface area contributed by atoms with Crippen LogP contribution in [0.15, 0.2) is 78.1 Å². The van der Waals surface area contributed by atoms with Crippen molar-refractivity contribution in [2.24, 2.45) is 0 Å². The van der Waals surface area contributed by atoms with Gasteiger partial charge in [0.15, 0.2) is 16.7 Å². The molecule has 0 radical (unpaired) electrons. The first-order chi connectivity index (χ1) is 16.6. The first-order valence-corrected chi connectivity index (χ1v) is 12.2. The number of amides is 1. The minimum absolute atomic E-state index is 0.0719. The summed E-state index contributed by atoms with van der Waals surface area (Å²) >= 11 is 1.41. The zero-order valence-electron chi connectivity index (χ0n) is 19.1. The molecule has 0 fully saturated rings. The summed E-state index contributed by atoms with van der Waals surface area (Å²) in [5, 5.41) is 3.71. The van der Waals surface area contributed by atoms with E-state index in [-0.39, 0.29) is 18.5 Å². The number of hydrogen-bond donors (Lipinski definition) is 1. The van der Waals surface area contributed by atoms with Crippen LogP contribution in [-0.4, -0.2) is 28.0 Å². The summed E-state index contributed by atoms with van der Waals surface area (Å²) in [6.45, 7) is 4.40. The molecule has 0 aliphatic carbocycles. The molecule has 2 heterocycles. The van der Waals surface area contributed by atoms with Crippen molar-refractivity contribution in [1.29, 1.82) is 0 Å². The molecule has 0 bridgehead atoms. The number of fused-ring (bicyclic) bond motifs is 1. The van der Waals surface area contributed by atoms with Crippen molar-refractivity contribution in [1.82, 2.24) is 9.55 Å². The molecule has 34 heavy (non-hydrogen) atoms. The van der Waals surface area contributed by atoms with E-state index >= 15 is 0 Å². The Balaban J connectivity index is 1.38. The smallest absolute Gasteiger partial charge is 0.234 e. The number of imidazole rings is 1. The predicted molar refractivity (Wildman–Crippen MR) is 135 cm³/mol. The highest BCUT2D eigenvalue weighted by molar-refractivity contribution is 7.99. The van der Waals surface area contributed by atoms with Crippen LogP contribution in [0, 0.1) is 6.92 Å². The molecule has 7 heteroatoms. The highest BCUT2D eigenvalue weighted by atomic mass is 32.2. The number of hydrogen-bond acceptors (Lipinski definition) is 5. The molecule has 1 aromatic heterocycles. The average molecular weight is 472 g/mol. The van der Waals surface area contributed by atoms with E-state index in [1.807, 2.05) is 53.2 Å². The van der Waals surface area contributed by atoms with Crippen LogP contribution in [0.2, 0.25) is 0 Å². The van der Waals surface area contributed by atoms with Gasteiger partial charge < -0.3 is 14.8 Å². The van der Waals surface area contributed by atoms with Crippen molar-refractivity contribution < 1.29 is 14.3 Å². The number of carbonyl (C=O) groups is 1. The Labute approximate surface area is 202 Å². The van der Waals surface area contributed by atoms with Crippen molar-refractivity contribution in [3.8, 4) is 28.4 Å². The second kappa shape index (κ2) is 9.65. The summed E-state index contributed by atoms with van der Waals surface area (Å²) in [6, 6.07) is 22.0. The Hall–Kier alpha value is -3.71. The lowest BCUT2D eigenvalue weighted by atomic mass is 10.1. The van der Waals surface area contributed by atoms with Crippen LogP contribution < -0.4 is 14.8 Å². The number of carbonyl (C=O) groups excluding carboxylic acids is 1. The molecule has 4 aromatic rings. The summed E-state index contributed by atoms with van der Waals surface area (Å²) in [5.41, 5.74) is 5.94. The topological polar surface area (TPSA) is 65.4 Å². The highest BCUT2D eigenvalue weighted by Gasteiger charge is 2.18. The summed E-state index contributed by atoms with van der Waals surface area (Å²) in [4.78, 5) is 17.5. The fraction of sp³-hybridized carbons (Fsp3) is 0.185. The number of nitrogens with one attached hydrogen (secondary N) is 1. The van der Waals surface area contributed by atoms with Gasteiger partial charge in [0.25, 0.3) is 0 Å². The number of ether oxygens (including phenoxy) is 2. The molecule has 0 saturated heterocycles. The fourth-order valence-corrected chi connectivity index (χ4v) is 4.49. The maximum absolute atomic E-state index is 12.6. The molecular weight excluding hydrogens is 446 g/mol. The van der Waals surface area contributed by atoms with Crippen LogP contribution in [0.1, 0.15) is 18.1 Å². The molecule has 0 unspecified atom stereocenters. The Bertz CT molecular complexity index is 1310.